The highest BCUT2D eigenvalue weighted by molar-refractivity contribution is 5.92. The standard InChI is InChI=1S/C17H19N5O/c1-10-7-12(18)5-6-13(10)14-9-16-19-15(17(23)21(3)4)8-11(2)22(16)20-14/h5-9H,18H2,1-4H3. The van der Waals surface area contributed by atoms with E-state index in [-0.39, 0.29) is 5.91 Å². The second kappa shape index (κ2) is 5.39. The molecule has 2 heterocycles. The fourth-order valence-electron chi connectivity index (χ4n) is 2.57. The van der Waals surface area contributed by atoms with E-state index in [1.165, 1.54) is 4.90 Å². The van der Waals surface area contributed by atoms with Crippen LogP contribution < -0.4 is 5.73 Å². The van der Waals surface area contributed by atoms with E-state index in [0.717, 1.165) is 28.2 Å². The predicted molar refractivity (Wildman–Crippen MR) is 90.3 cm³/mol. The molecule has 0 unspecified atom stereocenters. The number of carbonyl (C=O) groups excluding carboxylic acids is 1. The van der Waals surface area contributed by atoms with Gasteiger partial charge in [0.15, 0.2) is 5.65 Å². The molecule has 0 aliphatic carbocycles. The van der Waals surface area contributed by atoms with Gasteiger partial charge in [0, 0.05) is 37.1 Å². The Morgan fingerprint density at radius 3 is 2.57 bits per heavy atom. The minimum atomic E-state index is -0.123. The van der Waals surface area contributed by atoms with Crippen molar-refractivity contribution in [3.8, 4) is 11.3 Å². The summed E-state index contributed by atoms with van der Waals surface area (Å²) >= 11 is 0. The highest BCUT2D eigenvalue weighted by Gasteiger charge is 2.15. The summed E-state index contributed by atoms with van der Waals surface area (Å²) in [5.74, 6) is -0.123. The lowest BCUT2D eigenvalue weighted by atomic mass is 10.1. The van der Waals surface area contributed by atoms with Crippen LogP contribution in [-0.2, 0) is 0 Å². The molecule has 6 nitrogen and oxygen atoms in total. The van der Waals surface area contributed by atoms with Crippen LogP contribution in [0.25, 0.3) is 16.9 Å². The van der Waals surface area contributed by atoms with Crippen molar-refractivity contribution in [1.82, 2.24) is 19.5 Å². The zero-order chi connectivity index (χ0) is 16.7. The third kappa shape index (κ3) is 2.63. The fourth-order valence-corrected chi connectivity index (χ4v) is 2.57. The predicted octanol–water partition coefficient (Wildman–Crippen LogP) is 2.30. The second-order valence-corrected chi connectivity index (χ2v) is 5.86. The maximum absolute atomic E-state index is 12.1. The molecular formula is C17H19N5O. The number of anilines is 1. The highest BCUT2D eigenvalue weighted by atomic mass is 16.2. The smallest absolute Gasteiger partial charge is 0.272 e. The molecule has 23 heavy (non-hydrogen) atoms. The van der Waals surface area contributed by atoms with Gasteiger partial charge in [-0.15, -0.1) is 0 Å². The Morgan fingerprint density at radius 1 is 1.17 bits per heavy atom. The fraction of sp³-hybridized carbons (Fsp3) is 0.235. The van der Waals surface area contributed by atoms with Gasteiger partial charge in [-0.1, -0.05) is 6.07 Å². The van der Waals surface area contributed by atoms with Gasteiger partial charge in [-0.25, -0.2) is 9.50 Å². The molecule has 0 atom stereocenters. The van der Waals surface area contributed by atoms with Gasteiger partial charge in [-0.3, -0.25) is 4.79 Å². The zero-order valence-electron chi connectivity index (χ0n) is 13.7. The van der Waals surface area contributed by atoms with Gasteiger partial charge in [0.1, 0.15) is 5.69 Å². The number of nitrogens with zero attached hydrogens (tertiary/aromatic N) is 4. The minimum absolute atomic E-state index is 0.123. The van der Waals surface area contributed by atoms with Crippen molar-refractivity contribution in [3.63, 3.8) is 0 Å². The van der Waals surface area contributed by atoms with Crippen molar-refractivity contribution in [2.45, 2.75) is 13.8 Å². The van der Waals surface area contributed by atoms with E-state index in [1.54, 1.807) is 24.7 Å². The van der Waals surface area contributed by atoms with E-state index in [0.29, 0.717) is 11.3 Å². The normalized spacial score (nSPS) is 11.0. The summed E-state index contributed by atoms with van der Waals surface area (Å²) in [6.07, 6.45) is 0. The van der Waals surface area contributed by atoms with Crippen LogP contribution in [0, 0.1) is 13.8 Å². The molecule has 0 saturated heterocycles. The van der Waals surface area contributed by atoms with Crippen LogP contribution in [0.15, 0.2) is 30.3 Å². The van der Waals surface area contributed by atoms with Crippen LogP contribution in [0.1, 0.15) is 21.7 Å². The molecule has 3 aromatic rings. The molecule has 0 radical (unpaired) electrons. The Kier molecular flexibility index (Phi) is 3.52. The molecule has 0 spiro atoms. The average molecular weight is 309 g/mol. The third-order valence-electron chi connectivity index (χ3n) is 3.76. The molecule has 118 valence electrons. The van der Waals surface area contributed by atoms with Crippen molar-refractivity contribution >= 4 is 17.2 Å². The maximum Gasteiger partial charge on any atom is 0.272 e. The first-order valence-electron chi connectivity index (χ1n) is 7.32. The largest absolute Gasteiger partial charge is 0.399 e. The number of nitrogens with two attached hydrogens (primary N) is 1. The van der Waals surface area contributed by atoms with Gasteiger partial charge in [-0.2, -0.15) is 5.10 Å². The lowest BCUT2D eigenvalue weighted by molar-refractivity contribution is 0.0822. The third-order valence-corrected chi connectivity index (χ3v) is 3.76. The van der Waals surface area contributed by atoms with Crippen LogP contribution in [0.4, 0.5) is 5.69 Å². The number of fused-ring (bicyclic) bond motifs is 1. The summed E-state index contributed by atoms with van der Waals surface area (Å²) in [6, 6.07) is 9.36. The first-order chi connectivity index (χ1) is 10.9. The number of carbonyl (C=O) groups is 1. The Morgan fingerprint density at radius 2 is 1.91 bits per heavy atom. The van der Waals surface area contributed by atoms with Crippen LogP contribution in [0.5, 0.6) is 0 Å². The van der Waals surface area contributed by atoms with E-state index < -0.39 is 0 Å². The van der Waals surface area contributed by atoms with Crippen molar-refractivity contribution < 1.29 is 4.79 Å². The van der Waals surface area contributed by atoms with Crippen molar-refractivity contribution in [2.24, 2.45) is 0 Å². The zero-order valence-corrected chi connectivity index (χ0v) is 13.7. The lowest BCUT2D eigenvalue weighted by Gasteiger charge is -2.10. The van der Waals surface area contributed by atoms with Crippen molar-refractivity contribution in [2.75, 3.05) is 19.8 Å². The molecule has 0 aliphatic rings. The number of rotatable bonds is 2. The Balaban J connectivity index is 2.15. The van der Waals surface area contributed by atoms with Gasteiger partial charge >= 0.3 is 0 Å². The van der Waals surface area contributed by atoms with Crippen molar-refractivity contribution in [3.05, 3.63) is 47.3 Å². The number of aromatic nitrogens is 3. The Labute approximate surface area is 134 Å². The number of amides is 1. The van der Waals surface area contributed by atoms with E-state index in [9.17, 15) is 4.79 Å². The van der Waals surface area contributed by atoms with Gasteiger partial charge in [0.25, 0.3) is 5.91 Å². The summed E-state index contributed by atoms with van der Waals surface area (Å²) in [7, 11) is 3.42. The SMILES string of the molecule is Cc1cc(N)ccc1-c1cc2nc(C(=O)N(C)C)cc(C)n2n1. The number of nitrogen functional groups attached to an aromatic ring is 1. The first kappa shape index (κ1) is 15.0. The average Bonchev–Trinajstić information content (AvgIpc) is 2.90. The number of hydrogen-bond donors (Lipinski definition) is 1. The summed E-state index contributed by atoms with van der Waals surface area (Å²) < 4.78 is 1.75. The maximum atomic E-state index is 12.1. The Bertz CT molecular complexity index is 911. The molecule has 2 N–H and O–H groups in total. The molecule has 6 heteroatoms. The summed E-state index contributed by atoms with van der Waals surface area (Å²) in [4.78, 5) is 18.1. The molecule has 3 rings (SSSR count). The second-order valence-electron chi connectivity index (χ2n) is 5.86. The molecule has 1 aromatic carbocycles. The van der Waals surface area contributed by atoms with E-state index in [1.807, 2.05) is 38.1 Å². The molecule has 0 fully saturated rings. The summed E-state index contributed by atoms with van der Waals surface area (Å²) in [6.45, 7) is 3.91. The van der Waals surface area contributed by atoms with Crippen LogP contribution in [0.2, 0.25) is 0 Å². The quantitative estimate of drug-likeness (QED) is 0.737. The van der Waals surface area contributed by atoms with Crippen LogP contribution in [-0.4, -0.2) is 39.5 Å². The van der Waals surface area contributed by atoms with Crippen molar-refractivity contribution in [1.29, 1.82) is 0 Å². The first-order valence-corrected chi connectivity index (χ1v) is 7.32. The summed E-state index contributed by atoms with van der Waals surface area (Å²) in [5, 5.41) is 4.61. The van der Waals surface area contributed by atoms with Crippen LogP contribution >= 0.6 is 0 Å². The van der Waals surface area contributed by atoms with E-state index in [2.05, 4.69) is 10.1 Å². The number of benzene rings is 1. The van der Waals surface area contributed by atoms with E-state index >= 15 is 0 Å². The topological polar surface area (TPSA) is 76.5 Å². The van der Waals surface area contributed by atoms with Gasteiger partial charge in [-0.05, 0) is 37.6 Å². The lowest BCUT2D eigenvalue weighted by Crippen LogP contribution is -2.23. The van der Waals surface area contributed by atoms with Gasteiger partial charge in [0.2, 0.25) is 0 Å². The van der Waals surface area contributed by atoms with Crippen LogP contribution in [0.3, 0.4) is 0 Å². The van der Waals surface area contributed by atoms with E-state index in [4.69, 9.17) is 5.73 Å². The molecule has 0 aliphatic heterocycles. The Hall–Kier alpha value is -2.89. The number of hydrogen-bond acceptors (Lipinski definition) is 4. The highest BCUT2D eigenvalue weighted by Crippen LogP contribution is 2.25. The monoisotopic (exact) mass is 309 g/mol. The molecular weight excluding hydrogens is 290 g/mol. The summed E-state index contributed by atoms with van der Waals surface area (Å²) in [5.41, 5.74) is 11.3. The van der Waals surface area contributed by atoms with Gasteiger partial charge < -0.3 is 10.6 Å². The minimum Gasteiger partial charge on any atom is -0.399 e. The molecule has 1 amide bonds. The number of aryl methyl sites for hydroxylation is 2. The molecule has 0 bridgehead atoms. The van der Waals surface area contributed by atoms with Gasteiger partial charge in [0.05, 0.1) is 5.69 Å². The molecule has 2 aromatic heterocycles. The molecule has 0 saturated carbocycles.